The molecule has 0 radical (unpaired) electrons. The van der Waals surface area contributed by atoms with Crippen molar-refractivity contribution in [3.05, 3.63) is 22.9 Å². The van der Waals surface area contributed by atoms with E-state index in [-0.39, 0.29) is 17.1 Å². The molecule has 0 aromatic rings. The molecule has 0 saturated carbocycles. The topological polar surface area (TPSA) is 72.8 Å². The standard InChI is InChI=1S/C9H10O5/c1-4-5(10)7(12)9(14-3)8(13-2)6(4)11/h10H,1-3H3. The number of rotatable bonds is 2. The molecule has 1 aliphatic carbocycles. The number of carbonyl (C=O) groups excluding carboxylic acids is 2. The van der Waals surface area contributed by atoms with E-state index in [1.807, 2.05) is 0 Å². The summed E-state index contributed by atoms with van der Waals surface area (Å²) in [5.41, 5.74) is -0.0346. The Balaban J connectivity index is 3.31. The van der Waals surface area contributed by atoms with Crippen LogP contribution in [0.1, 0.15) is 6.92 Å². The van der Waals surface area contributed by atoms with E-state index in [1.54, 1.807) is 0 Å². The van der Waals surface area contributed by atoms with E-state index >= 15 is 0 Å². The Kier molecular flexibility index (Phi) is 2.60. The van der Waals surface area contributed by atoms with E-state index in [0.717, 1.165) is 0 Å². The Morgan fingerprint density at radius 3 is 1.86 bits per heavy atom. The number of ketones is 2. The Morgan fingerprint density at radius 1 is 1.00 bits per heavy atom. The molecule has 0 aliphatic heterocycles. The van der Waals surface area contributed by atoms with Crippen LogP contribution in [0.2, 0.25) is 0 Å². The predicted molar refractivity (Wildman–Crippen MR) is 46.4 cm³/mol. The van der Waals surface area contributed by atoms with Gasteiger partial charge in [0, 0.05) is 5.57 Å². The summed E-state index contributed by atoms with van der Waals surface area (Å²) in [6.45, 7) is 1.35. The van der Waals surface area contributed by atoms with Gasteiger partial charge in [0.2, 0.25) is 17.3 Å². The first-order valence-corrected chi connectivity index (χ1v) is 3.86. The molecule has 5 nitrogen and oxygen atoms in total. The van der Waals surface area contributed by atoms with Crippen LogP contribution in [0.4, 0.5) is 0 Å². The lowest BCUT2D eigenvalue weighted by atomic mass is 10.00. The van der Waals surface area contributed by atoms with Gasteiger partial charge in [0.15, 0.2) is 5.76 Å². The fraction of sp³-hybridized carbons (Fsp3) is 0.333. The number of aliphatic hydroxyl groups is 1. The lowest BCUT2D eigenvalue weighted by Gasteiger charge is -2.16. The van der Waals surface area contributed by atoms with Crippen molar-refractivity contribution in [3.8, 4) is 0 Å². The minimum Gasteiger partial charge on any atom is -0.504 e. The molecule has 0 saturated heterocycles. The van der Waals surface area contributed by atoms with Gasteiger partial charge in [0.25, 0.3) is 5.78 Å². The van der Waals surface area contributed by atoms with Gasteiger partial charge in [0.1, 0.15) is 0 Å². The average Bonchev–Trinajstić information content (AvgIpc) is 2.20. The summed E-state index contributed by atoms with van der Waals surface area (Å²) < 4.78 is 9.42. The first-order valence-electron chi connectivity index (χ1n) is 3.86. The van der Waals surface area contributed by atoms with Crippen LogP contribution < -0.4 is 0 Å². The monoisotopic (exact) mass is 198 g/mol. The maximum Gasteiger partial charge on any atom is 0.266 e. The highest BCUT2D eigenvalue weighted by Crippen LogP contribution is 2.23. The molecule has 76 valence electrons. The van der Waals surface area contributed by atoms with Gasteiger partial charge in [-0.3, -0.25) is 9.59 Å². The summed E-state index contributed by atoms with van der Waals surface area (Å²) in [4.78, 5) is 22.8. The first kappa shape index (κ1) is 10.3. The molecule has 14 heavy (non-hydrogen) atoms. The Hall–Kier alpha value is -1.78. The summed E-state index contributed by atoms with van der Waals surface area (Å²) in [7, 11) is 2.49. The smallest absolute Gasteiger partial charge is 0.266 e. The normalized spacial score (nSPS) is 17.6. The second-order valence-corrected chi connectivity index (χ2v) is 2.70. The van der Waals surface area contributed by atoms with Gasteiger partial charge in [-0.1, -0.05) is 0 Å². The second kappa shape index (κ2) is 3.53. The zero-order valence-corrected chi connectivity index (χ0v) is 8.08. The predicted octanol–water partition coefficient (Wildman–Crippen LogP) is 0.475. The highest BCUT2D eigenvalue weighted by molar-refractivity contribution is 6.22. The van der Waals surface area contributed by atoms with E-state index in [2.05, 4.69) is 4.74 Å². The molecule has 0 fully saturated rings. The van der Waals surface area contributed by atoms with Crippen LogP contribution in [0.3, 0.4) is 0 Å². The molecular formula is C9H10O5. The van der Waals surface area contributed by atoms with Gasteiger partial charge >= 0.3 is 0 Å². The number of Topliss-reactive ketones (excluding diaryl/α,β-unsaturated/α-hetero) is 2. The molecule has 0 aromatic carbocycles. The van der Waals surface area contributed by atoms with Gasteiger partial charge in [-0.2, -0.15) is 0 Å². The molecule has 0 atom stereocenters. The van der Waals surface area contributed by atoms with Crippen LogP contribution in [-0.4, -0.2) is 30.9 Å². The molecule has 0 bridgehead atoms. The number of hydrogen-bond donors (Lipinski definition) is 1. The van der Waals surface area contributed by atoms with E-state index < -0.39 is 17.3 Å². The molecule has 1 rings (SSSR count). The van der Waals surface area contributed by atoms with Crippen LogP contribution in [0.25, 0.3) is 0 Å². The molecule has 0 amide bonds. The minimum atomic E-state index is -0.735. The van der Waals surface area contributed by atoms with Crippen LogP contribution in [-0.2, 0) is 19.1 Å². The zero-order chi connectivity index (χ0) is 10.9. The van der Waals surface area contributed by atoms with Crippen molar-refractivity contribution in [2.24, 2.45) is 0 Å². The lowest BCUT2D eigenvalue weighted by molar-refractivity contribution is -0.123. The molecule has 0 heterocycles. The molecule has 0 unspecified atom stereocenters. The number of carbonyl (C=O) groups is 2. The maximum absolute atomic E-state index is 11.4. The van der Waals surface area contributed by atoms with Crippen molar-refractivity contribution in [2.75, 3.05) is 14.2 Å². The average molecular weight is 198 g/mol. The molecular weight excluding hydrogens is 188 g/mol. The van der Waals surface area contributed by atoms with Crippen LogP contribution in [0, 0.1) is 0 Å². The van der Waals surface area contributed by atoms with Crippen LogP contribution in [0.5, 0.6) is 0 Å². The molecule has 5 heteroatoms. The van der Waals surface area contributed by atoms with Gasteiger partial charge in [0.05, 0.1) is 14.2 Å². The first-order chi connectivity index (χ1) is 6.54. The number of allylic oxidation sites excluding steroid dienone is 1. The third-order valence-electron chi connectivity index (χ3n) is 1.94. The summed E-state index contributed by atoms with van der Waals surface area (Å²) in [6, 6.07) is 0. The van der Waals surface area contributed by atoms with Crippen molar-refractivity contribution in [2.45, 2.75) is 6.92 Å². The van der Waals surface area contributed by atoms with Gasteiger partial charge in [-0.25, -0.2) is 0 Å². The number of aliphatic hydroxyl groups excluding tert-OH is 1. The Bertz CT molecular complexity index is 327. The molecule has 1 N–H and O–H groups in total. The van der Waals surface area contributed by atoms with Crippen molar-refractivity contribution in [1.29, 1.82) is 0 Å². The number of hydrogen-bond acceptors (Lipinski definition) is 5. The van der Waals surface area contributed by atoms with Crippen molar-refractivity contribution in [1.82, 2.24) is 0 Å². The Morgan fingerprint density at radius 2 is 1.43 bits per heavy atom. The Labute approximate surface area is 80.6 Å². The SMILES string of the molecule is COC1=C(OC)C(=O)C(O)=C(C)C1=O. The van der Waals surface area contributed by atoms with E-state index in [9.17, 15) is 14.7 Å². The molecule has 0 aromatic heterocycles. The summed E-state index contributed by atoms with van der Waals surface area (Å²) in [5.74, 6) is -2.30. The minimum absolute atomic E-state index is 0.0346. The molecule has 0 spiro atoms. The van der Waals surface area contributed by atoms with E-state index in [1.165, 1.54) is 21.1 Å². The van der Waals surface area contributed by atoms with Crippen LogP contribution in [0.15, 0.2) is 22.9 Å². The van der Waals surface area contributed by atoms with Crippen molar-refractivity contribution in [3.63, 3.8) is 0 Å². The second-order valence-electron chi connectivity index (χ2n) is 2.70. The fourth-order valence-electron chi connectivity index (χ4n) is 1.13. The third kappa shape index (κ3) is 1.26. The zero-order valence-electron chi connectivity index (χ0n) is 8.08. The number of ether oxygens (including phenoxy) is 2. The highest BCUT2D eigenvalue weighted by atomic mass is 16.5. The quantitative estimate of drug-likeness (QED) is 0.653. The van der Waals surface area contributed by atoms with Crippen molar-refractivity contribution >= 4 is 11.6 Å². The van der Waals surface area contributed by atoms with Gasteiger partial charge in [-0.15, -0.1) is 0 Å². The largest absolute Gasteiger partial charge is 0.504 e. The lowest BCUT2D eigenvalue weighted by Crippen LogP contribution is -2.24. The highest BCUT2D eigenvalue weighted by Gasteiger charge is 2.34. The van der Waals surface area contributed by atoms with Gasteiger partial charge < -0.3 is 14.6 Å². The van der Waals surface area contributed by atoms with Crippen LogP contribution >= 0.6 is 0 Å². The summed E-state index contributed by atoms with van der Waals surface area (Å²) >= 11 is 0. The van der Waals surface area contributed by atoms with Gasteiger partial charge in [-0.05, 0) is 6.92 Å². The fourth-order valence-corrected chi connectivity index (χ4v) is 1.13. The third-order valence-corrected chi connectivity index (χ3v) is 1.94. The van der Waals surface area contributed by atoms with E-state index in [0.29, 0.717) is 0 Å². The maximum atomic E-state index is 11.4. The summed E-state index contributed by atoms with van der Waals surface area (Å²) in [6.07, 6.45) is 0. The van der Waals surface area contributed by atoms with Crippen molar-refractivity contribution < 1.29 is 24.2 Å². The number of methoxy groups -OCH3 is 2. The summed E-state index contributed by atoms with van der Waals surface area (Å²) in [5, 5.41) is 9.27. The van der Waals surface area contributed by atoms with E-state index in [4.69, 9.17) is 4.74 Å². The molecule has 1 aliphatic rings.